The molecule has 0 radical (unpaired) electrons. The van der Waals surface area contributed by atoms with Crippen LogP contribution in [0.4, 0.5) is 0 Å². The molecule has 1 aliphatic heterocycles. The van der Waals surface area contributed by atoms with E-state index in [1.165, 1.54) is 0 Å². The Balaban J connectivity index is 2.44. The Morgan fingerprint density at radius 2 is 1.85 bits per heavy atom. The summed E-state index contributed by atoms with van der Waals surface area (Å²) in [5.41, 5.74) is 0. The summed E-state index contributed by atoms with van der Waals surface area (Å²) in [6.45, 7) is 13.4. The number of hydrogen-bond donors (Lipinski definition) is 0. The lowest BCUT2D eigenvalue weighted by molar-refractivity contribution is 0.161. The summed E-state index contributed by atoms with van der Waals surface area (Å²) in [4.78, 5) is 0. The Morgan fingerprint density at radius 1 is 1.31 bits per heavy atom. The highest BCUT2D eigenvalue weighted by molar-refractivity contribution is 6.74. The molecule has 0 bridgehead atoms. The standard InChI is InChI=1S/C10H22O2Si/c1-7-8-9(11-8)12-13(5,6)10(2,3)4/h8-9H,7H2,1-6H3/t8-,9?/m1/s1. The molecule has 1 fully saturated rings. The minimum atomic E-state index is -1.59. The Bertz CT molecular complexity index is 184. The van der Waals surface area contributed by atoms with E-state index >= 15 is 0 Å². The average Bonchev–Trinajstić information content (AvgIpc) is 2.63. The maximum atomic E-state index is 6.03. The van der Waals surface area contributed by atoms with E-state index in [0.29, 0.717) is 6.10 Å². The van der Waals surface area contributed by atoms with Crippen molar-refractivity contribution < 1.29 is 9.16 Å². The predicted octanol–water partition coefficient (Wildman–Crippen LogP) is 3.14. The van der Waals surface area contributed by atoms with E-state index in [2.05, 4.69) is 40.8 Å². The third-order valence-electron chi connectivity index (χ3n) is 3.16. The topological polar surface area (TPSA) is 21.8 Å². The largest absolute Gasteiger partial charge is 0.390 e. The van der Waals surface area contributed by atoms with Crippen molar-refractivity contribution in [2.75, 3.05) is 0 Å². The molecule has 0 aromatic carbocycles. The van der Waals surface area contributed by atoms with Gasteiger partial charge in [0.2, 0.25) is 0 Å². The zero-order chi connectivity index (χ0) is 10.3. The molecule has 0 N–H and O–H groups in total. The fraction of sp³-hybridized carbons (Fsp3) is 1.00. The highest BCUT2D eigenvalue weighted by atomic mass is 28.4. The summed E-state index contributed by atoms with van der Waals surface area (Å²) >= 11 is 0. The van der Waals surface area contributed by atoms with Gasteiger partial charge in [0.05, 0.1) is 0 Å². The highest BCUT2D eigenvalue weighted by Gasteiger charge is 2.47. The van der Waals surface area contributed by atoms with Gasteiger partial charge < -0.3 is 9.16 Å². The fourth-order valence-corrected chi connectivity index (χ4v) is 2.13. The molecule has 1 aliphatic rings. The molecule has 2 nitrogen and oxygen atoms in total. The van der Waals surface area contributed by atoms with E-state index < -0.39 is 8.32 Å². The second kappa shape index (κ2) is 3.37. The van der Waals surface area contributed by atoms with Crippen molar-refractivity contribution in [1.29, 1.82) is 0 Å². The fourth-order valence-electron chi connectivity index (χ4n) is 0.986. The van der Waals surface area contributed by atoms with Gasteiger partial charge in [-0.3, -0.25) is 0 Å². The van der Waals surface area contributed by atoms with Crippen LogP contribution in [0.25, 0.3) is 0 Å². The van der Waals surface area contributed by atoms with Crippen LogP contribution in [0.5, 0.6) is 0 Å². The van der Waals surface area contributed by atoms with Crippen LogP contribution in [0.2, 0.25) is 18.1 Å². The van der Waals surface area contributed by atoms with Gasteiger partial charge in [-0.25, -0.2) is 0 Å². The molecule has 0 aliphatic carbocycles. The molecule has 0 spiro atoms. The minimum Gasteiger partial charge on any atom is -0.390 e. The maximum absolute atomic E-state index is 6.03. The Labute approximate surface area is 82.7 Å². The van der Waals surface area contributed by atoms with Crippen molar-refractivity contribution in [3.8, 4) is 0 Å². The van der Waals surface area contributed by atoms with Crippen molar-refractivity contribution in [1.82, 2.24) is 0 Å². The third kappa shape index (κ3) is 2.54. The van der Waals surface area contributed by atoms with E-state index in [-0.39, 0.29) is 11.3 Å². The lowest BCUT2D eigenvalue weighted by Crippen LogP contribution is -2.41. The van der Waals surface area contributed by atoms with E-state index in [0.717, 1.165) is 6.42 Å². The van der Waals surface area contributed by atoms with Gasteiger partial charge >= 0.3 is 0 Å². The van der Waals surface area contributed by atoms with Crippen LogP contribution >= 0.6 is 0 Å². The first-order valence-corrected chi connectivity index (χ1v) is 8.02. The van der Waals surface area contributed by atoms with Crippen molar-refractivity contribution >= 4 is 8.32 Å². The van der Waals surface area contributed by atoms with Gasteiger partial charge in [0, 0.05) is 0 Å². The van der Waals surface area contributed by atoms with Gasteiger partial charge in [0.1, 0.15) is 6.10 Å². The zero-order valence-electron chi connectivity index (χ0n) is 9.68. The van der Waals surface area contributed by atoms with E-state index in [1.54, 1.807) is 0 Å². The number of hydrogen-bond acceptors (Lipinski definition) is 2. The van der Waals surface area contributed by atoms with Crippen LogP contribution in [0, 0.1) is 0 Å². The third-order valence-corrected chi connectivity index (χ3v) is 7.59. The van der Waals surface area contributed by atoms with Crippen molar-refractivity contribution in [3.05, 3.63) is 0 Å². The van der Waals surface area contributed by atoms with E-state index in [1.807, 2.05) is 0 Å². The average molecular weight is 202 g/mol. The Kier molecular flexibility index (Phi) is 2.91. The van der Waals surface area contributed by atoms with Crippen LogP contribution in [0.1, 0.15) is 34.1 Å². The molecule has 3 heteroatoms. The summed E-state index contributed by atoms with van der Waals surface area (Å²) in [5, 5.41) is 0.289. The summed E-state index contributed by atoms with van der Waals surface area (Å²) in [6.07, 6.45) is 1.54. The van der Waals surface area contributed by atoms with E-state index in [9.17, 15) is 0 Å². The molecule has 78 valence electrons. The van der Waals surface area contributed by atoms with Crippen LogP contribution in [-0.2, 0) is 9.16 Å². The molecular formula is C10H22O2Si. The van der Waals surface area contributed by atoms with Gasteiger partial charge in [0.25, 0.3) is 0 Å². The molecule has 2 atom stereocenters. The first-order chi connectivity index (χ1) is 5.78. The van der Waals surface area contributed by atoms with Crippen LogP contribution in [0.3, 0.4) is 0 Å². The van der Waals surface area contributed by atoms with E-state index in [4.69, 9.17) is 9.16 Å². The molecule has 0 saturated carbocycles. The smallest absolute Gasteiger partial charge is 0.195 e. The molecule has 1 unspecified atom stereocenters. The summed E-state index contributed by atoms with van der Waals surface area (Å²) in [5.74, 6) is 0. The minimum absolute atomic E-state index is 0.103. The van der Waals surface area contributed by atoms with Crippen molar-refractivity contribution in [2.24, 2.45) is 0 Å². The Hall–Kier alpha value is 0.137. The van der Waals surface area contributed by atoms with Gasteiger partial charge in [-0.15, -0.1) is 0 Å². The molecule has 1 rings (SSSR count). The summed E-state index contributed by atoms with van der Waals surface area (Å²) in [7, 11) is -1.59. The van der Waals surface area contributed by atoms with Crippen molar-refractivity contribution in [2.45, 2.75) is 64.6 Å². The molecule has 0 aromatic rings. The summed E-state index contributed by atoms with van der Waals surface area (Å²) in [6, 6.07) is 0. The first kappa shape index (κ1) is 11.2. The van der Waals surface area contributed by atoms with Crippen molar-refractivity contribution in [3.63, 3.8) is 0 Å². The second-order valence-electron chi connectivity index (χ2n) is 5.33. The number of rotatable bonds is 3. The normalized spacial score (nSPS) is 29.1. The molecule has 0 amide bonds. The maximum Gasteiger partial charge on any atom is 0.195 e. The SMILES string of the molecule is CC[C@H]1OC1O[Si](C)(C)C(C)(C)C. The molecule has 1 heterocycles. The van der Waals surface area contributed by atoms with Crippen LogP contribution in [0.15, 0.2) is 0 Å². The lowest BCUT2D eigenvalue weighted by atomic mass is 10.2. The molecular weight excluding hydrogens is 180 g/mol. The number of epoxide rings is 1. The monoisotopic (exact) mass is 202 g/mol. The van der Waals surface area contributed by atoms with Gasteiger partial charge in [-0.2, -0.15) is 0 Å². The number of ether oxygens (including phenoxy) is 1. The second-order valence-corrected chi connectivity index (χ2v) is 10.1. The molecule has 13 heavy (non-hydrogen) atoms. The molecule has 1 saturated heterocycles. The lowest BCUT2D eigenvalue weighted by Gasteiger charge is -2.35. The quantitative estimate of drug-likeness (QED) is 0.518. The predicted molar refractivity (Wildman–Crippen MR) is 57.2 cm³/mol. The van der Waals surface area contributed by atoms with Crippen LogP contribution in [-0.4, -0.2) is 20.7 Å². The van der Waals surface area contributed by atoms with Crippen LogP contribution < -0.4 is 0 Å². The molecule has 0 aromatic heterocycles. The highest BCUT2D eigenvalue weighted by Crippen LogP contribution is 2.40. The Morgan fingerprint density at radius 3 is 2.15 bits per heavy atom. The zero-order valence-corrected chi connectivity index (χ0v) is 10.7. The summed E-state index contributed by atoms with van der Waals surface area (Å²) < 4.78 is 11.4. The van der Waals surface area contributed by atoms with Gasteiger partial charge in [-0.05, 0) is 24.6 Å². The van der Waals surface area contributed by atoms with Gasteiger partial charge in [0.15, 0.2) is 14.6 Å². The van der Waals surface area contributed by atoms with Gasteiger partial charge in [-0.1, -0.05) is 27.7 Å². The first-order valence-electron chi connectivity index (χ1n) is 5.11.